The molecule has 0 aromatic heterocycles. The summed E-state index contributed by atoms with van der Waals surface area (Å²) in [4.78, 5) is 73.1. The lowest BCUT2D eigenvalue weighted by molar-refractivity contribution is -0.161. The van der Waals surface area contributed by atoms with E-state index in [1.807, 2.05) is 0 Å². The van der Waals surface area contributed by atoms with Crippen molar-refractivity contribution in [3.63, 3.8) is 0 Å². The number of aliphatic hydroxyl groups excluding tert-OH is 1. The van der Waals surface area contributed by atoms with Gasteiger partial charge in [-0.3, -0.25) is 37.3 Å². The van der Waals surface area contributed by atoms with Gasteiger partial charge in [-0.15, -0.1) is 0 Å². The highest BCUT2D eigenvalue weighted by Crippen LogP contribution is 2.45. The number of phosphoric acid groups is 2. The summed E-state index contributed by atoms with van der Waals surface area (Å²) in [5.41, 5.74) is 0. The van der Waals surface area contributed by atoms with Crippen LogP contribution in [0.2, 0.25) is 0 Å². The second-order valence-corrected chi connectivity index (χ2v) is 34.5. The molecule has 0 aliphatic carbocycles. The molecule has 0 radical (unpaired) electrons. The van der Waals surface area contributed by atoms with Gasteiger partial charge in [0.05, 0.1) is 26.4 Å². The fourth-order valence-electron chi connectivity index (χ4n) is 13.9. The van der Waals surface area contributed by atoms with Crippen LogP contribution in [0.15, 0.2) is 0 Å². The van der Waals surface area contributed by atoms with E-state index in [1.165, 1.54) is 315 Å². The lowest BCUT2D eigenvalue weighted by atomic mass is 10.0. The van der Waals surface area contributed by atoms with Crippen molar-refractivity contribution in [1.29, 1.82) is 0 Å². The van der Waals surface area contributed by atoms with E-state index in [1.54, 1.807) is 0 Å². The van der Waals surface area contributed by atoms with E-state index in [0.717, 1.165) is 89.9 Å². The van der Waals surface area contributed by atoms with Crippen LogP contribution in [0.4, 0.5) is 0 Å². The molecule has 0 amide bonds. The van der Waals surface area contributed by atoms with Crippen LogP contribution in [0.1, 0.15) is 484 Å². The van der Waals surface area contributed by atoms with Gasteiger partial charge in [-0.2, -0.15) is 0 Å². The van der Waals surface area contributed by atoms with Crippen LogP contribution in [0.25, 0.3) is 0 Å². The van der Waals surface area contributed by atoms with Crippen LogP contribution in [0.3, 0.4) is 0 Å². The number of carbonyl (C=O) groups excluding carboxylic acids is 4. The smallest absolute Gasteiger partial charge is 0.462 e. The first-order valence-corrected chi connectivity index (χ1v) is 48.8. The Bertz CT molecular complexity index is 2020. The van der Waals surface area contributed by atoms with Crippen LogP contribution < -0.4 is 0 Å². The third-order valence-electron chi connectivity index (χ3n) is 20.9. The molecule has 0 heterocycles. The van der Waals surface area contributed by atoms with Gasteiger partial charge >= 0.3 is 39.5 Å². The molecule has 3 N–H and O–H groups in total. The SMILES string of the molecule is CCCCCCCCCCCCCCCCCCCCCCCCC(=O)OC[C@H](COP(=O)(O)OC[C@@H](O)COP(=O)(O)OC[C@@H](COC(=O)CCCCCCCCCC)OC(=O)CCCCCCCCCCCCCCCCC)OC(=O)CCCCCCCCCCCCCCCCCCCCCCCC. The van der Waals surface area contributed by atoms with Gasteiger partial charge in [-0.05, 0) is 25.7 Å². The third kappa shape index (κ3) is 81.9. The van der Waals surface area contributed by atoms with Gasteiger partial charge < -0.3 is 33.8 Å². The average Bonchev–Trinajstić information content (AvgIpc) is 0.909. The van der Waals surface area contributed by atoms with E-state index in [0.29, 0.717) is 25.7 Å². The van der Waals surface area contributed by atoms with Crippen LogP contribution in [0.5, 0.6) is 0 Å². The van der Waals surface area contributed by atoms with Crippen LogP contribution >= 0.6 is 15.6 Å². The summed E-state index contributed by atoms with van der Waals surface area (Å²) in [6.45, 7) is 5.03. The number of esters is 4. The molecule has 0 aliphatic heterocycles. The van der Waals surface area contributed by atoms with Gasteiger partial charge in [0.1, 0.15) is 19.3 Å². The Balaban J connectivity index is 5.16. The summed E-state index contributed by atoms with van der Waals surface area (Å²) < 4.78 is 68.8. The number of hydrogen-bond donors (Lipinski definition) is 3. The average molecular weight is 1560 g/mol. The maximum atomic E-state index is 13.2. The molecule has 0 aliphatic rings. The van der Waals surface area contributed by atoms with Crippen LogP contribution in [0, 0.1) is 0 Å². The highest BCUT2D eigenvalue weighted by atomic mass is 31.2. The lowest BCUT2D eigenvalue weighted by Gasteiger charge is -2.21. The second-order valence-electron chi connectivity index (χ2n) is 31.6. The van der Waals surface area contributed by atoms with E-state index >= 15 is 0 Å². The number of ether oxygens (including phenoxy) is 4. The topological polar surface area (TPSA) is 237 Å². The van der Waals surface area contributed by atoms with Crippen molar-refractivity contribution < 1.29 is 80.2 Å². The molecule has 0 rings (SSSR count). The molecule has 17 nitrogen and oxygen atoms in total. The van der Waals surface area contributed by atoms with Crippen molar-refractivity contribution in [3.05, 3.63) is 0 Å². The maximum absolute atomic E-state index is 13.2. The van der Waals surface area contributed by atoms with Gasteiger partial charge in [0.25, 0.3) is 0 Å². The minimum absolute atomic E-state index is 0.109. The largest absolute Gasteiger partial charge is 0.472 e. The zero-order valence-corrected chi connectivity index (χ0v) is 71.9. The zero-order valence-electron chi connectivity index (χ0n) is 70.1. The molecule has 0 aromatic carbocycles. The summed E-state index contributed by atoms with van der Waals surface area (Å²) in [6.07, 6.45) is 78.1. The highest BCUT2D eigenvalue weighted by Gasteiger charge is 2.30. The minimum atomic E-state index is -4.97. The van der Waals surface area contributed by atoms with E-state index in [2.05, 4.69) is 27.7 Å². The number of carbonyl (C=O) groups is 4. The van der Waals surface area contributed by atoms with E-state index in [9.17, 15) is 43.2 Å². The maximum Gasteiger partial charge on any atom is 0.472 e. The number of aliphatic hydroxyl groups is 1. The highest BCUT2D eigenvalue weighted by molar-refractivity contribution is 7.47. The summed E-state index contributed by atoms with van der Waals surface area (Å²) in [7, 11) is -9.92. The van der Waals surface area contributed by atoms with Gasteiger partial charge in [0, 0.05) is 25.7 Å². The van der Waals surface area contributed by atoms with Gasteiger partial charge in [-0.25, -0.2) is 9.13 Å². The molecular formula is C88H172O17P2. The van der Waals surface area contributed by atoms with Crippen molar-refractivity contribution in [2.45, 2.75) is 502 Å². The molecule has 2 unspecified atom stereocenters. The third-order valence-corrected chi connectivity index (χ3v) is 22.8. The molecule has 0 bridgehead atoms. The predicted molar refractivity (Wildman–Crippen MR) is 442 cm³/mol. The number of unbranched alkanes of at least 4 members (excludes halogenated alkanes) is 63. The molecule has 0 aromatic rings. The monoisotopic (exact) mass is 1560 g/mol. The Morgan fingerprint density at radius 2 is 0.374 bits per heavy atom. The Hall–Kier alpha value is -1.94. The molecule has 19 heteroatoms. The van der Waals surface area contributed by atoms with Crippen molar-refractivity contribution in [3.8, 4) is 0 Å². The van der Waals surface area contributed by atoms with Crippen LogP contribution in [-0.4, -0.2) is 96.7 Å². The first kappa shape index (κ1) is 105. The van der Waals surface area contributed by atoms with Crippen molar-refractivity contribution in [2.75, 3.05) is 39.6 Å². The first-order chi connectivity index (χ1) is 52.2. The van der Waals surface area contributed by atoms with Gasteiger partial charge in [-0.1, -0.05) is 432 Å². The fourth-order valence-corrected chi connectivity index (χ4v) is 15.5. The summed E-state index contributed by atoms with van der Waals surface area (Å²) in [5, 5.41) is 10.7. The fraction of sp³-hybridized carbons (Fsp3) is 0.955. The van der Waals surface area contributed by atoms with E-state index in [4.69, 9.17) is 37.0 Å². The Morgan fingerprint density at radius 3 is 0.551 bits per heavy atom. The normalized spacial score (nSPS) is 13.7. The van der Waals surface area contributed by atoms with E-state index in [-0.39, 0.29) is 25.7 Å². The molecular weight excluding hydrogens is 1390 g/mol. The summed E-state index contributed by atoms with van der Waals surface area (Å²) in [5.74, 6) is -2.10. The van der Waals surface area contributed by atoms with Crippen molar-refractivity contribution >= 4 is 39.5 Å². The molecule has 636 valence electrons. The Morgan fingerprint density at radius 1 is 0.224 bits per heavy atom. The van der Waals surface area contributed by atoms with Crippen molar-refractivity contribution in [1.82, 2.24) is 0 Å². The number of phosphoric ester groups is 2. The number of rotatable bonds is 89. The second kappa shape index (κ2) is 82.1. The molecule has 5 atom stereocenters. The summed E-state index contributed by atoms with van der Waals surface area (Å²) in [6, 6.07) is 0. The Kier molecular flexibility index (Phi) is 80.6. The molecule has 0 saturated heterocycles. The minimum Gasteiger partial charge on any atom is -0.462 e. The predicted octanol–water partition coefficient (Wildman–Crippen LogP) is 27.3. The zero-order chi connectivity index (χ0) is 78.1. The lowest BCUT2D eigenvalue weighted by Crippen LogP contribution is -2.30. The standard InChI is InChI=1S/C88H172O17P2/c1-5-9-13-17-21-25-28-31-34-36-38-40-42-44-46-49-51-54-57-61-65-69-73-86(91)99-79-84(105-88(93)75-71-67-63-59-56-53-50-47-45-43-41-39-37-35-32-29-26-22-18-14-10-6-2)81-103-107(96,97)101-77-82(89)76-100-106(94,95)102-80-83(78-98-85(90)72-68-64-60-24-20-16-12-8-4)104-87(92)74-70-66-62-58-55-52-48-33-30-27-23-19-15-11-7-3/h82-84,89H,5-81H2,1-4H3,(H,94,95)(H,96,97)/t82-,83+,84+/m0/s1. The Labute approximate surface area is 658 Å². The summed E-state index contributed by atoms with van der Waals surface area (Å²) >= 11 is 0. The number of hydrogen-bond acceptors (Lipinski definition) is 15. The van der Waals surface area contributed by atoms with Crippen LogP contribution in [-0.2, 0) is 65.4 Å². The van der Waals surface area contributed by atoms with Gasteiger partial charge in [0.15, 0.2) is 12.2 Å². The molecule has 0 spiro atoms. The molecule has 107 heavy (non-hydrogen) atoms. The van der Waals surface area contributed by atoms with E-state index < -0.39 is 97.5 Å². The molecule has 0 fully saturated rings. The first-order valence-electron chi connectivity index (χ1n) is 45.8. The molecule has 0 saturated carbocycles. The van der Waals surface area contributed by atoms with Gasteiger partial charge in [0.2, 0.25) is 0 Å². The van der Waals surface area contributed by atoms with Crippen molar-refractivity contribution in [2.24, 2.45) is 0 Å². The quantitative estimate of drug-likeness (QED) is 0.0222.